The van der Waals surface area contributed by atoms with Crippen LogP contribution in [0, 0.1) is 0 Å². The molecule has 2 aliphatic heterocycles. The van der Waals surface area contributed by atoms with Gasteiger partial charge in [-0.05, 0) is 72.1 Å². The summed E-state index contributed by atoms with van der Waals surface area (Å²) in [7, 11) is 0. The molecule has 2 unspecified atom stereocenters. The van der Waals surface area contributed by atoms with Gasteiger partial charge in [0.15, 0.2) is 0 Å². The lowest BCUT2D eigenvalue weighted by atomic mass is 10.2. The Morgan fingerprint density at radius 1 is 0.867 bits per heavy atom. The van der Waals surface area contributed by atoms with Crippen molar-refractivity contribution in [2.45, 2.75) is 58.0 Å². The first-order valence-corrected chi connectivity index (χ1v) is 6.75. The van der Waals surface area contributed by atoms with Gasteiger partial charge in [-0.3, -0.25) is 0 Å². The van der Waals surface area contributed by atoms with Crippen LogP contribution in [0.15, 0.2) is 0 Å². The van der Waals surface area contributed by atoms with E-state index in [0.29, 0.717) is 0 Å². The average molecular weight is 210 g/mol. The minimum atomic E-state index is 0.848. The number of hydrogen-bond acceptors (Lipinski definition) is 2. The molecule has 0 aromatic heterocycles. The number of nitrogens with zero attached hydrogens (tertiary/aromatic N) is 2. The van der Waals surface area contributed by atoms with Gasteiger partial charge in [0.1, 0.15) is 0 Å². The summed E-state index contributed by atoms with van der Waals surface area (Å²) in [5.41, 5.74) is 0. The third-order valence-corrected chi connectivity index (χ3v) is 4.27. The highest BCUT2D eigenvalue weighted by atomic mass is 15.2. The molecular formula is C13H26N2. The summed E-state index contributed by atoms with van der Waals surface area (Å²) in [6.07, 6.45) is 7.04. The zero-order valence-corrected chi connectivity index (χ0v) is 10.4. The van der Waals surface area contributed by atoms with Crippen LogP contribution in [0.3, 0.4) is 0 Å². The highest BCUT2D eigenvalue weighted by molar-refractivity contribution is 4.78. The molecule has 2 heterocycles. The van der Waals surface area contributed by atoms with Crippen molar-refractivity contribution in [2.75, 3.05) is 26.2 Å². The van der Waals surface area contributed by atoms with Crippen molar-refractivity contribution >= 4 is 0 Å². The van der Waals surface area contributed by atoms with Gasteiger partial charge in [0.05, 0.1) is 0 Å². The molecule has 2 aliphatic rings. The summed E-state index contributed by atoms with van der Waals surface area (Å²) >= 11 is 0. The van der Waals surface area contributed by atoms with Crippen molar-refractivity contribution in [3.63, 3.8) is 0 Å². The zero-order chi connectivity index (χ0) is 10.7. The molecule has 2 fully saturated rings. The molecule has 0 radical (unpaired) electrons. The monoisotopic (exact) mass is 210 g/mol. The van der Waals surface area contributed by atoms with E-state index in [1.165, 1.54) is 58.3 Å². The lowest BCUT2D eigenvalue weighted by Crippen LogP contribution is -2.33. The van der Waals surface area contributed by atoms with Gasteiger partial charge < -0.3 is 9.80 Å². The van der Waals surface area contributed by atoms with E-state index in [2.05, 4.69) is 23.6 Å². The smallest absolute Gasteiger partial charge is 0.00674 e. The minimum absolute atomic E-state index is 0.848. The third kappa shape index (κ3) is 2.94. The van der Waals surface area contributed by atoms with Gasteiger partial charge in [-0.25, -0.2) is 0 Å². The Labute approximate surface area is 94.6 Å². The first kappa shape index (κ1) is 11.4. The van der Waals surface area contributed by atoms with Crippen LogP contribution in [0.25, 0.3) is 0 Å². The van der Waals surface area contributed by atoms with E-state index >= 15 is 0 Å². The summed E-state index contributed by atoms with van der Waals surface area (Å²) in [4.78, 5) is 5.33. The van der Waals surface area contributed by atoms with Crippen molar-refractivity contribution in [3.8, 4) is 0 Å². The van der Waals surface area contributed by atoms with Gasteiger partial charge in [0.25, 0.3) is 0 Å². The zero-order valence-electron chi connectivity index (χ0n) is 10.4. The normalized spacial score (nSPS) is 34.0. The maximum Gasteiger partial charge on any atom is 0.00674 e. The fraction of sp³-hybridized carbons (Fsp3) is 1.00. The molecule has 2 nitrogen and oxygen atoms in total. The Hall–Kier alpha value is -0.0800. The summed E-state index contributed by atoms with van der Waals surface area (Å²) in [5.74, 6) is 0. The highest BCUT2D eigenvalue weighted by Gasteiger charge is 2.22. The summed E-state index contributed by atoms with van der Waals surface area (Å²) in [6.45, 7) is 10.1. The van der Waals surface area contributed by atoms with Crippen LogP contribution in [0.4, 0.5) is 0 Å². The van der Waals surface area contributed by atoms with E-state index in [1.54, 1.807) is 0 Å². The Balaban J connectivity index is 1.62. The maximum atomic E-state index is 2.67. The summed E-state index contributed by atoms with van der Waals surface area (Å²) < 4.78 is 0. The fourth-order valence-electron chi connectivity index (χ4n) is 3.13. The second kappa shape index (κ2) is 5.31. The second-order valence-electron chi connectivity index (χ2n) is 5.41. The number of hydrogen-bond donors (Lipinski definition) is 0. The predicted molar refractivity (Wildman–Crippen MR) is 65.2 cm³/mol. The van der Waals surface area contributed by atoms with Gasteiger partial charge in [-0.15, -0.1) is 0 Å². The van der Waals surface area contributed by atoms with Crippen LogP contribution >= 0.6 is 0 Å². The lowest BCUT2D eigenvalue weighted by Gasteiger charge is -2.24. The second-order valence-corrected chi connectivity index (χ2v) is 5.41. The molecule has 0 saturated carbocycles. The van der Waals surface area contributed by atoms with E-state index in [-0.39, 0.29) is 0 Å². The average Bonchev–Trinajstić information content (AvgIpc) is 2.78. The third-order valence-electron chi connectivity index (χ3n) is 4.27. The van der Waals surface area contributed by atoms with Crippen molar-refractivity contribution in [3.05, 3.63) is 0 Å². The largest absolute Gasteiger partial charge is 0.301 e. The molecule has 2 heteroatoms. The van der Waals surface area contributed by atoms with Gasteiger partial charge in [0.2, 0.25) is 0 Å². The molecule has 2 rings (SSSR count). The van der Waals surface area contributed by atoms with Gasteiger partial charge in [-0.1, -0.05) is 0 Å². The van der Waals surface area contributed by atoms with Crippen LogP contribution in [-0.2, 0) is 0 Å². The Kier molecular flexibility index (Phi) is 4.04. The van der Waals surface area contributed by atoms with Gasteiger partial charge >= 0.3 is 0 Å². The van der Waals surface area contributed by atoms with E-state index in [9.17, 15) is 0 Å². The van der Waals surface area contributed by atoms with E-state index < -0.39 is 0 Å². The predicted octanol–water partition coefficient (Wildman–Crippen LogP) is 2.35. The van der Waals surface area contributed by atoms with Gasteiger partial charge in [-0.2, -0.15) is 0 Å². The molecule has 0 amide bonds. The van der Waals surface area contributed by atoms with Crippen LogP contribution in [0.2, 0.25) is 0 Å². The van der Waals surface area contributed by atoms with E-state index in [1.807, 2.05) is 0 Å². The maximum absolute atomic E-state index is 2.67. The molecule has 0 aromatic carbocycles. The SMILES string of the molecule is CC1CCCN1CCCN1CCCC1C. The summed E-state index contributed by atoms with van der Waals surface area (Å²) in [5, 5.41) is 0. The lowest BCUT2D eigenvalue weighted by molar-refractivity contribution is 0.220. The number of rotatable bonds is 4. The van der Waals surface area contributed by atoms with Crippen LogP contribution in [0.5, 0.6) is 0 Å². The van der Waals surface area contributed by atoms with E-state index in [0.717, 1.165) is 12.1 Å². The fourth-order valence-corrected chi connectivity index (χ4v) is 3.13. The Morgan fingerprint density at radius 3 is 1.67 bits per heavy atom. The first-order chi connectivity index (χ1) is 7.27. The van der Waals surface area contributed by atoms with Crippen molar-refractivity contribution < 1.29 is 0 Å². The Bertz CT molecular complexity index is 173. The van der Waals surface area contributed by atoms with Crippen molar-refractivity contribution in [1.82, 2.24) is 9.80 Å². The van der Waals surface area contributed by atoms with Crippen molar-refractivity contribution in [2.24, 2.45) is 0 Å². The molecule has 0 aliphatic carbocycles. The minimum Gasteiger partial charge on any atom is -0.301 e. The molecule has 2 saturated heterocycles. The molecule has 0 N–H and O–H groups in total. The number of likely N-dealkylation sites (tertiary alicyclic amines) is 2. The standard InChI is InChI=1S/C13H26N2/c1-12-6-3-8-14(12)10-5-11-15-9-4-7-13(15)2/h12-13H,3-11H2,1-2H3. The highest BCUT2D eigenvalue weighted by Crippen LogP contribution is 2.19. The first-order valence-electron chi connectivity index (χ1n) is 6.75. The summed E-state index contributed by atoms with van der Waals surface area (Å²) in [6, 6.07) is 1.70. The van der Waals surface area contributed by atoms with Crippen LogP contribution < -0.4 is 0 Å². The van der Waals surface area contributed by atoms with Crippen LogP contribution in [0.1, 0.15) is 46.0 Å². The molecule has 2 atom stereocenters. The van der Waals surface area contributed by atoms with Crippen molar-refractivity contribution in [1.29, 1.82) is 0 Å². The van der Waals surface area contributed by atoms with E-state index in [4.69, 9.17) is 0 Å². The topological polar surface area (TPSA) is 6.48 Å². The van der Waals surface area contributed by atoms with Gasteiger partial charge in [0, 0.05) is 12.1 Å². The Morgan fingerprint density at radius 2 is 1.33 bits per heavy atom. The molecule has 0 bridgehead atoms. The quantitative estimate of drug-likeness (QED) is 0.703. The molecule has 88 valence electrons. The van der Waals surface area contributed by atoms with Crippen LogP contribution in [-0.4, -0.2) is 48.1 Å². The molecular weight excluding hydrogens is 184 g/mol. The molecule has 0 spiro atoms. The molecule has 15 heavy (non-hydrogen) atoms. The molecule has 0 aromatic rings.